The molecule has 0 radical (unpaired) electrons. The number of unbranched alkanes of at least 4 members (excludes halogenated alkanes) is 2. The summed E-state index contributed by atoms with van der Waals surface area (Å²) >= 11 is 0. The van der Waals surface area contributed by atoms with E-state index < -0.39 is 66.2 Å². The summed E-state index contributed by atoms with van der Waals surface area (Å²) in [6.07, 6.45) is -2.10. The van der Waals surface area contributed by atoms with Gasteiger partial charge in [-0.05, 0) is 43.5 Å². The van der Waals surface area contributed by atoms with Crippen molar-refractivity contribution in [1.82, 2.24) is 26.0 Å². The Kier molecular flexibility index (Phi) is 18.3. The maximum Gasteiger partial charge on any atom is 0.490 e. The molecule has 0 unspecified atom stereocenters. The van der Waals surface area contributed by atoms with Gasteiger partial charge in [-0.3, -0.25) is 29.2 Å². The fourth-order valence-corrected chi connectivity index (χ4v) is 4.56. The highest BCUT2D eigenvalue weighted by atomic mass is 19.4. The first-order chi connectivity index (χ1) is 24.0. The van der Waals surface area contributed by atoms with Crippen LogP contribution in [0.25, 0.3) is 11.3 Å². The molecule has 0 saturated heterocycles. The van der Waals surface area contributed by atoms with Crippen LogP contribution < -0.4 is 16.0 Å². The number of alkyl halides is 3. The molecule has 1 aromatic heterocycles. The molecule has 2 rings (SSSR count). The van der Waals surface area contributed by atoms with Gasteiger partial charge < -0.3 is 31.3 Å². The number of nitrogens with zero attached hydrogens (tertiary/aromatic N) is 2. The zero-order chi connectivity index (χ0) is 38.7. The molecule has 0 spiro atoms. The number of carbonyl (C=O) groups is 7. The monoisotopic (exact) mass is 727 g/mol. The maximum atomic E-state index is 12.9. The Hall–Kier alpha value is -5.59. The topological polar surface area (TPSA) is 253 Å². The second-order valence-corrected chi connectivity index (χ2v) is 10.9. The Bertz CT molecular complexity index is 1510. The van der Waals surface area contributed by atoms with Crippen LogP contribution >= 0.6 is 0 Å². The number of carbonyl (C=O) groups excluding carboxylic acids is 4. The van der Waals surface area contributed by atoms with Crippen molar-refractivity contribution in [2.24, 2.45) is 5.92 Å². The lowest BCUT2D eigenvalue weighted by Crippen LogP contribution is -2.47. The first-order valence-electron chi connectivity index (χ1n) is 15.6. The lowest BCUT2D eigenvalue weighted by Gasteiger charge is -2.29. The second-order valence-electron chi connectivity index (χ2n) is 10.9. The van der Waals surface area contributed by atoms with E-state index in [1.54, 1.807) is 31.2 Å². The van der Waals surface area contributed by atoms with Crippen molar-refractivity contribution in [3.8, 4) is 11.3 Å². The average Bonchev–Trinajstić information content (AvgIpc) is 3.09. The van der Waals surface area contributed by atoms with Crippen molar-refractivity contribution in [1.29, 1.82) is 0 Å². The molecule has 0 aliphatic carbocycles. The van der Waals surface area contributed by atoms with Gasteiger partial charge in [0, 0.05) is 17.5 Å². The number of halogens is 3. The lowest BCUT2D eigenvalue weighted by atomic mass is 9.90. The highest BCUT2D eigenvalue weighted by Gasteiger charge is 2.38. The molecule has 0 fully saturated rings. The molecule has 0 aliphatic heterocycles. The minimum atomic E-state index is -5.08. The highest BCUT2D eigenvalue weighted by molar-refractivity contribution is 5.97. The van der Waals surface area contributed by atoms with E-state index in [2.05, 4.69) is 20.9 Å². The summed E-state index contributed by atoms with van der Waals surface area (Å²) in [4.78, 5) is 84.7. The Morgan fingerprint density at radius 3 is 2.04 bits per heavy atom. The summed E-state index contributed by atoms with van der Waals surface area (Å²) in [6, 6.07) is 8.72. The number of hydrogen-bond donors (Lipinski definition) is 7. The number of hydroxylamine groups is 2. The van der Waals surface area contributed by atoms with E-state index in [1.165, 1.54) is 18.2 Å². The standard InChI is InChI=1S/C30H39N5O9.C2HF3O2/c1-3-5-6-8-21(25(4-2)35(44)18-36)28(40)31-17-32-29(41)23-10-7-9-22(33-23)19-11-13-20(14-12-19)27(39)34-24(30(42)43)15-16-26(37)38;3-2(4,5)1(6)7/h7,9-14,18,21,24-25,44H,3-6,8,15-17H2,1-2H3,(H,31,40)(H,32,41)(H,34,39)(H,37,38)(H,42,43);(H,6,7)/t21-,24+,25-;/m1./s1. The van der Waals surface area contributed by atoms with Crippen LogP contribution in [0.4, 0.5) is 13.2 Å². The van der Waals surface area contributed by atoms with E-state index in [-0.39, 0.29) is 30.8 Å². The molecule has 0 aliphatic rings. The van der Waals surface area contributed by atoms with Crippen molar-refractivity contribution in [3.05, 3.63) is 53.7 Å². The molecule has 51 heavy (non-hydrogen) atoms. The lowest BCUT2D eigenvalue weighted by molar-refractivity contribution is -0.192. The molecule has 7 N–H and O–H groups in total. The minimum Gasteiger partial charge on any atom is -0.481 e. The van der Waals surface area contributed by atoms with Gasteiger partial charge in [0.1, 0.15) is 11.7 Å². The second kappa shape index (κ2) is 21.5. The van der Waals surface area contributed by atoms with Gasteiger partial charge in [0.15, 0.2) is 0 Å². The fraction of sp³-hybridized carbons (Fsp3) is 0.438. The Labute approximate surface area is 290 Å². The van der Waals surface area contributed by atoms with Crippen LogP contribution in [0.3, 0.4) is 0 Å². The average molecular weight is 728 g/mol. The number of carboxylic acid groups (broad SMARTS) is 3. The van der Waals surface area contributed by atoms with Crippen molar-refractivity contribution in [2.45, 2.75) is 77.1 Å². The molecule has 16 nitrogen and oxygen atoms in total. The minimum absolute atomic E-state index is 0.0646. The Balaban J connectivity index is 0.00000167. The number of nitrogens with one attached hydrogen (secondary N) is 3. The third-order valence-electron chi connectivity index (χ3n) is 7.21. The number of hydrogen-bond acceptors (Lipinski definition) is 9. The summed E-state index contributed by atoms with van der Waals surface area (Å²) in [5, 5.41) is 43.2. The number of aliphatic carboxylic acids is 3. The number of rotatable bonds is 19. The van der Waals surface area contributed by atoms with Gasteiger partial charge in [-0.25, -0.2) is 19.6 Å². The van der Waals surface area contributed by atoms with Crippen molar-refractivity contribution in [2.75, 3.05) is 6.67 Å². The normalized spacial score (nSPS) is 12.5. The van der Waals surface area contributed by atoms with Gasteiger partial charge in [0.2, 0.25) is 12.3 Å². The Morgan fingerprint density at radius 2 is 1.53 bits per heavy atom. The SMILES string of the molecule is CCCCC[C@@H](C(=O)NCNC(=O)c1cccc(-c2ccc(C(=O)N[C@@H](CCC(=O)O)C(=O)O)cc2)n1)[C@@H](CC)N(O)C=O.O=C(O)C(F)(F)F. The predicted molar refractivity (Wildman–Crippen MR) is 171 cm³/mol. The Morgan fingerprint density at radius 1 is 0.902 bits per heavy atom. The van der Waals surface area contributed by atoms with E-state index in [4.69, 9.17) is 15.0 Å². The third-order valence-corrected chi connectivity index (χ3v) is 7.21. The van der Waals surface area contributed by atoms with Crippen LogP contribution in [0.2, 0.25) is 0 Å². The molecule has 4 amide bonds. The smallest absolute Gasteiger partial charge is 0.481 e. The summed E-state index contributed by atoms with van der Waals surface area (Å²) in [7, 11) is 0. The van der Waals surface area contributed by atoms with E-state index in [1.807, 2.05) is 6.92 Å². The number of amides is 4. The predicted octanol–water partition coefficient (Wildman–Crippen LogP) is 3.06. The molecular weight excluding hydrogens is 687 g/mol. The molecule has 3 atom stereocenters. The number of carboxylic acids is 3. The van der Waals surface area contributed by atoms with Crippen LogP contribution in [0.5, 0.6) is 0 Å². The van der Waals surface area contributed by atoms with Gasteiger partial charge in [0.25, 0.3) is 11.8 Å². The van der Waals surface area contributed by atoms with Crippen LogP contribution in [-0.4, -0.2) is 97.5 Å². The van der Waals surface area contributed by atoms with E-state index in [9.17, 15) is 52.3 Å². The number of benzene rings is 1. The largest absolute Gasteiger partial charge is 0.490 e. The van der Waals surface area contributed by atoms with Crippen molar-refractivity contribution < 1.29 is 67.3 Å². The number of pyridine rings is 1. The van der Waals surface area contributed by atoms with Crippen LogP contribution in [0.15, 0.2) is 42.5 Å². The first kappa shape index (κ1) is 43.4. The summed E-state index contributed by atoms with van der Waals surface area (Å²) < 4.78 is 31.7. The van der Waals surface area contributed by atoms with Crippen molar-refractivity contribution in [3.63, 3.8) is 0 Å². The molecule has 280 valence electrons. The van der Waals surface area contributed by atoms with Gasteiger partial charge >= 0.3 is 24.1 Å². The molecule has 0 bridgehead atoms. The van der Waals surface area contributed by atoms with E-state index in [0.29, 0.717) is 29.2 Å². The molecule has 19 heteroatoms. The molecule has 1 aromatic carbocycles. The van der Waals surface area contributed by atoms with Gasteiger partial charge in [-0.2, -0.15) is 13.2 Å². The van der Waals surface area contributed by atoms with Gasteiger partial charge in [-0.15, -0.1) is 0 Å². The summed E-state index contributed by atoms with van der Waals surface area (Å²) in [5.74, 6) is -7.59. The zero-order valence-corrected chi connectivity index (χ0v) is 27.7. The van der Waals surface area contributed by atoms with Gasteiger partial charge in [-0.1, -0.05) is 51.3 Å². The summed E-state index contributed by atoms with van der Waals surface area (Å²) in [6.45, 7) is 3.58. The van der Waals surface area contributed by atoms with Crippen molar-refractivity contribution >= 4 is 42.0 Å². The van der Waals surface area contributed by atoms with Gasteiger partial charge in [0.05, 0.1) is 24.3 Å². The maximum absolute atomic E-state index is 12.9. The highest BCUT2D eigenvalue weighted by Crippen LogP contribution is 2.21. The summed E-state index contributed by atoms with van der Waals surface area (Å²) in [5.41, 5.74) is 1.19. The van der Waals surface area contributed by atoms with Crippen LogP contribution in [0, 0.1) is 5.92 Å². The first-order valence-corrected chi connectivity index (χ1v) is 15.6. The van der Waals surface area contributed by atoms with Crippen LogP contribution in [-0.2, 0) is 24.0 Å². The number of aromatic nitrogens is 1. The van der Waals surface area contributed by atoms with E-state index in [0.717, 1.165) is 19.3 Å². The zero-order valence-electron chi connectivity index (χ0n) is 27.7. The molecule has 1 heterocycles. The molecule has 0 saturated carbocycles. The quantitative estimate of drug-likeness (QED) is 0.0363. The molecular formula is C32H40F3N5O11. The molecule has 2 aromatic rings. The third kappa shape index (κ3) is 15.2. The fourth-order valence-electron chi connectivity index (χ4n) is 4.56. The van der Waals surface area contributed by atoms with Crippen LogP contribution in [0.1, 0.15) is 79.6 Å². The van der Waals surface area contributed by atoms with E-state index >= 15 is 0 Å².